The number of carbonyl (C=O) groups excluding carboxylic acids is 1. The highest BCUT2D eigenvalue weighted by molar-refractivity contribution is 6.29. The average molecular weight is 306 g/mol. The van der Waals surface area contributed by atoms with E-state index >= 15 is 0 Å². The van der Waals surface area contributed by atoms with Gasteiger partial charge in [0.1, 0.15) is 17.5 Å². The van der Waals surface area contributed by atoms with E-state index in [0.29, 0.717) is 23.2 Å². The third-order valence-corrected chi connectivity index (χ3v) is 2.88. The maximum atomic E-state index is 11.5. The van der Waals surface area contributed by atoms with Gasteiger partial charge in [0.05, 0.1) is 5.69 Å². The van der Waals surface area contributed by atoms with Gasteiger partial charge in [-0.3, -0.25) is 0 Å². The van der Waals surface area contributed by atoms with Crippen LogP contribution in [0.25, 0.3) is 0 Å². The van der Waals surface area contributed by atoms with Crippen LogP contribution in [0.4, 0.5) is 10.5 Å². The minimum atomic E-state index is -0.174. The Balaban J connectivity index is 1.92. The summed E-state index contributed by atoms with van der Waals surface area (Å²) in [5, 5.41) is 3.19. The van der Waals surface area contributed by atoms with Gasteiger partial charge in [0.25, 0.3) is 0 Å². The molecule has 0 aliphatic rings. The van der Waals surface area contributed by atoms with Crippen LogP contribution < -0.4 is 10.1 Å². The number of aromatic nitrogens is 1. The van der Waals surface area contributed by atoms with Gasteiger partial charge < -0.3 is 15.0 Å². The minimum absolute atomic E-state index is 0.174. The molecule has 2 rings (SSSR count). The number of urea groups is 1. The van der Waals surface area contributed by atoms with E-state index in [0.717, 1.165) is 5.69 Å². The maximum absolute atomic E-state index is 11.5. The van der Waals surface area contributed by atoms with Crippen molar-refractivity contribution in [2.24, 2.45) is 0 Å². The Hall–Kier alpha value is -2.27. The Bertz CT molecular complexity index is 615. The molecule has 6 heteroatoms. The monoisotopic (exact) mass is 305 g/mol. The van der Waals surface area contributed by atoms with Crippen molar-refractivity contribution in [1.29, 1.82) is 0 Å². The van der Waals surface area contributed by atoms with E-state index in [-0.39, 0.29) is 6.03 Å². The van der Waals surface area contributed by atoms with Crippen LogP contribution in [0.1, 0.15) is 5.69 Å². The van der Waals surface area contributed by atoms with Gasteiger partial charge in [0.2, 0.25) is 0 Å². The number of hydrogen-bond donors (Lipinski definition) is 1. The number of pyridine rings is 1. The largest absolute Gasteiger partial charge is 0.487 e. The number of rotatable bonds is 4. The lowest BCUT2D eigenvalue weighted by atomic mass is 10.3. The van der Waals surface area contributed by atoms with Gasteiger partial charge in [-0.25, -0.2) is 9.78 Å². The highest BCUT2D eigenvalue weighted by Crippen LogP contribution is 2.17. The fourth-order valence-electron chi connectivity index (χ4n) is 1.56. The lowest BCUT2D eigenvalue weighted by Crippen LogP contribution is -2.27. The Labute approximate surface area is 128 Å². The summed E-state index contributed by atoms with van der Waals surface area (Å²) in [4.78, 5) is 17.1. The molecule has 21 heavy (non-hydrogen) atoms. The highest BCUT2D eigenvalue weighted by Gasteiger charge is 2.04. The van der Waals surface area contributed by atoms with Crippen LogP contribution in [-0.2, 0) is 6.61 Å². The molecular formula is C15H16ClN3O2. The van der Waals surface area contributed by atoms with E-state index in [1.807, 2.05) is 12.1 Å². The van der Waals surface area contributed by atoms with Gasteiger partial charge in [0.15, 0.2) is 0 Å². The third kappa shape index (κ3) is 4.65. The van der Waals surface area contributed by atoms with Crippen molar-refractivity contribution in [2.45, 2.75) is 6.61 Å². The van der Waals surface area contributed by atoms with Gasteiger partial charge in [-0.05, 0) is 36.4 Å². The zero-order valence-corrected chi connectivity index (χ0v) is 12.6. The first-order valence-corrected chi connectivity index (χ1v) is 6.75. The molecule has 1 heterocycles. The molecule has 0 unspecified atom stereocenters. The molecule has 2 aromatic rings. The summed E-state index contributed by atoms with van der Waals surface area (Å²) in [6.45, 7) is 0.337. The molecule has 0 fully saturated rings. The van der Waals surface area contributed by atoms with Gasteiger partial charge in [-0.2, -0.15) is 0 Å². The molecule has 0 aliphatic heterocycles. The Morgan fingerprint density at radius 2 is 1.95 bits per heavy atom. The lowest BCUT2D eigenvalue weighted by Gasteiger charge is -2.12. The molecule has 0 radical (unpaired) electrons. The number of anilines is 1. The molecule has 0 saturated carbocycles. The molecule has 5 nitrogen and oxygen atoms in total. The summed E-state index contributed by atoms with van der Waals surface area (Å²) in [7, 11) is 3.37. The highest BCUT2D eigenvalue weighted by atomic mass is 35.5. The zero-order chi connectivity index (χ0) is 15.2. The van der Waals surface area contributed by atoms with E-state index in [4.69, 9.17) is 16.3 Å². The quantitative estimate of drug-likeness (QED) is 0.881. The second-order valence-corrected chi connectivity index (χ2v) is 4.98. The molecule has 1 aromatic heterocycles. The van der Waals surface area contributed by atoms with Gasteiger partial charge in [-0.1, -0.05) is 17.7 Å². The van der Waals surface area contributed by atoms with E-state index in [1.165, 1.54) is 4.90 Å². The SMILES string of the molecule is CN(C)C(=O)Nc1ccc(OCc2cccc(Cl)n2)cc1. The van der Waals surface area contributed by atoms with Crippen molar-refractivity contribution in [2.75, 3.05) is 19.4 Å². The van der Waals surface area contributed by atoms with Crippen molar-refractivity contribution in [3.8, 4) is 5.75 Å². The number of hydrogen-bond acceptors (Lipinski definition) is 3. The summed E-state index contributed by atoms with van der Waals surface area (Å²) in [5.74, 6) is 0.694. The fraction of sp³-hybridized carbons (Fsp3) is 0.200. The Kier molecular flexibility index (Phi) is 5.00. The molecule has 0 spiro atoms. The third-order valence-electron chi connectivity index (χ3n) is 2.67. The topological polar surface area (TPSA) is 54.5 Å². The van der Waals surface area contributed by atoms with Crippen LogP contribution >= 0.6 is 11.6 Å². The van der Waals surface area contributed by atoms with Gasteiger partial charge >= 0.3 is 6.03 Å². The number of nitrogens with zero attached hydrogens (tertiary/aromatic N) is 2. The Morgan fingerprint density at radius 1 is 1.24 bits per heavy atom. The van der Waals surface area contributed by atoms with Crippen molar-refractivity contribution in [3.63, 3.8) is 0 Å². The predicted molar refractivity (Wildman–Crippen MR) is 82.7 cm³/mol. The van der Waals surface area contributed by atoms with Crippen LogP contribution in [0, 0.1) is 0 Å². The second-order valence-electron chi connectivity index (χ2n) is 4.59. The van der Waals surface area contributed by atoms with E-state index in [9.17, 15) is 4.79 Å². The van der Waals surface area contributed by atoms with E-state index < -0.39 is 0 Å². The molecule has 0 aliphatic carbocycles. The van der Waals surface area contributed by atoms with Crippen LogP contribution in [0.3, 0.4) is 0 Å². The van der Waals surface area contributed by atoms with Gasteiger partial charge in [0, 0.05) is 19.8 Å². The van der Waals surface area contributed by atoms with Crippen LogP contribution in [0.2, 0.25) is 5.15 Å². The van der Waals surface area contributed by atoms with Crippen molar-refractivity contribution < 1.29 is 9.53 Å². The molecule has 0 atom stereocenters. The summed E-state index contributed by atoms with van der Waals surface area (Å²) in [5.41, 5.74) is 1.47. The number of halogens is 1. The first kappa shape index (κ1) is 15.1. The standard InChI is InChI=1S/C15H16ClN3O2/c1-19(2)15(20)18-11-6-8-13(9-7-11)21-10-12-4-3-5-14(16)17-12/h3-9H,10H2,1-2H3,(H,18,20). The van der Waals surface area contributed by atoms with Crippen molar-refractivity contribution in [3.05, 3.63) is 53.3 Å². The van der Waals surface area contributed by atoms with Crippen LogP contribution in [0.5, 0.6) is 5.75 Å². The molecule has 0 bridgehead atoms. The summed E-state index contributed by atoms with van der Waals surface area (Å²) >= 11 is 5.81. The number of nitrogens with one attached hydrogen (secondary N) is 1. The lowest BCUT2D eigenvalue weighted by molar-refractivity contribution is 0.230. The molecule has 1 N–H and O–H groups in total. The van der Waals surface area contributed by atoms with Crippen molar-refractivity contribution in [1.82, 2.24) is 9.88 Å². The van der Waals surface area contributed by atoms with Crippen LogP contribution in [-0.4, -0.2) is 30.0 Å². The molecule has 0 saturated heterocycles. The normalized spacial score (nSPS) is 10.0. The zero-order valence-electron chi connectivity index (χ0n) is 11.8. The van der Waals surface area contributed by atoms with Crippen LogP contribution in [0.15, 0.2) is 42.5 Å². The number of benzene rings is 1. The Morgan fingerprint density at radius 3 is 2.57 bits per heavy atom. The van der Waals surface area contributed by atoms with E-state index in [2.05, 4.69) is 10.3 Å². The molecule has 110 valence electrons. The van der Waals surface area contributed by atoms with Gasteiger partial charge in [-0.15, -0.1) is 0 Å². The molecule has 2 amide bonds. The maximum Gasteiger partial charge on any atom is 0.321 e. The first-order chi connectivity index (χ1) is 10.0. The molecule has 1 aromatic carbocycles. The number of amides is 2. The number of ether oxygens (including phenoxy) is 1. The number of carbonyl (C=O) groups is 1. The fourth-order valence-corrected chi connectivity index (χ4v) is 1.74. The second kappa shape index (κ2) is 6.95. The smallest absolute Gasteiger partial charge is 0.321 e. The summed E-state index contributed by atoms with van der Waals surface area (Å²) in [6.07, 6.45) is 0. The minimum Gasteiger partial charge on any atom is -0.487 e. The summed E-state index contributed by atoms with van der Waals surface area (Å²) in [6, 6.07) is 12.3. The van der Waals surface area contributed by atoms with E-state index in [1.54, 1.807) is 44.4 Å². The summed E-state index contributed by atoms with van der Waals surface area (Å²) < 4.78 is 5.61. The predicted octanol–water partition coefficient (Wildman–Crippen LogP) is 3.41. The first-order valence-electron chi connectivity index (χ1n) is 6.37. The van der Waals surface area contributed by atoms with Crippen molar-refractivity contribution >= 4 is 23.3 Å². The molecular weight excluding hydrogens is 290 g/mol. The average Bonchev–Trinajstić information content (AvgIpc) is 2.46.